The van der Waals surface area contributed by atoms with Crippen LogP contribution in [-0.4, -0.2) is 9.38 Å². The third-order valence-corrected chi connectivity index (χ3v) is 6.46. The van der Waals surface area contributed by atoms with E-state index in [0.29, 0.717) is 12.2 Å². The Morgan fingerprint density at radius 3 is 2.67 bits per heavy atom. The molecule has 0 aliphatic carbocycles. The monoisotopic (exact) mass is 418 g/mol. The minimum Gasteiger partial charge on any atom is -0.331 e. The lowest BCUT2D eigenvalue weighted by Crippen LogP contribution is -2.84. The van der Waals surface area contributed by atoms with Gasteiger partial charge in [-0.15, -0.1) is 11.3 Å². The number of fused-ring (bicyclic) bond motifs is 1. The number of pyridine rings is 1. The molecule has 4 nitrogen and oxygen atoms in total. The first-order valence-corrected chi connectivity index (χ1v) is 11.5. The maximum Gasteiger partial charge on any atom is 0.258 e. The van der Waals surface area contributed by atoms with Gasteiger partial charge in [0.1, 0.15) is 23.9 Å². The Labute approximate surface area is 181 Å². The van der Waals surface area contributed by atoms with Crippen LogP contribution in [0.3, 0.4) is 0 Å². The highest BCUT2D eigenvalue weighted by Gasteiger charge is 2.19. The smallest absolute Gasteiger partial charge is 0.258 e. The van der Waals surface area contributed by atoms with Crippen LogP contribution in [0, 0.1) is 6.92 Å². The molecular formula is C25H28N3OS+. The van der Waals surface area contributed by atoms with E-state index in [1.165, 1.54) is 28.8 Å². The largest absolute Gasteiger partial charge is 0.331 e. The Morgan fingerprint density at radius 2 is 1.93 bits per heavy atom. The van der Waals surface area contributed by atoms with Gasteiger partial charge in [-0.05, 0) is 48.9 Å². The van der Waals surface area contributed by atoms with Crippen molar-refractivity contribution in [2.45, 2.75) is 45.7 Å². The van der Waals surface area contributed by atoms with Crippen LogP contribution < -0.4 is 10.9 Å². The molecule has 154 valence electrons. The number of hydrogen-bond donors (Lipinski definition) is 1. The quantitative estimate of drug-likeness (QED) is 0.465. The summed E-state index contributed by atoms with van der Waals surface area (Å²) < 4.78 is 1.66. The first-order chi connectivity index (χ1) is 14.7. The summed E-state index contributed by atoms with van der Waals surface area (Å²) in [7, 11) is 0. The topological polar surface area (TPSA) is 51.0 Å². The summed E-state index contributed by atoms with van der Waals surface area (Å²) in [5, 5.41) is 4.40. The fraction of sp³-hybridized carbons (Fsp3) is 0.280. The standard InChI is InChI=1S/C25H27N3OS/c1-3-4-8-19-11-13-20(14-12-19)25(22-9-6-15-30-22)26-17-21-16-24(29)28-18(2)7-5-10-23(28)27-21/h5-7,9-16,25-26H,3-4,8,17H2,1-2H3/p+1/t25-/m0/s1. The minimum atomic E-state index is -0.0190. The molecule has 4 aromatic rings. The Bertz CT molecular complexity index is 1160. The first kappa shape index (κ1) is 20.5. The second-order valence-electron chi connectivity index (χ2n) is 7.72. The van der Waals surface area contributed by atoms with E-state index in [2.05, 4.69) is 54.0 Å². The van der Waals surface area contributed by atoms with Gasteiger partial charge in [-0.3, -0.25) is 9.20 Å². The summed E-state index contributed by atoms with van der Waals surface area (Å²) in [6, 6.07) is 20.9. The van der Waals surface area contributed by atoms with E-state index in [4.69, 9.17) is 4.98 Å². The van der Waals surface area contributed by atoms with Gasteiger partial charge >= 0.3 is 0 Å². The molecule has 0 aliphatic rings. The van der Waals surface area contributed by atoms with Crippen LogP contribution >= 0.6 is 11.3 Å². The number of aryl methyl sites for hydroxylation is 2. The van der Waals surface area contributed by atoms with E-state index in [9.17, 15) is 4.79 Å². The Morgan fingerprint density at radius 1 is 1.10 bits per heavy atom. The molecule has 4 rings (SSSR count). The van der Waals surface area contributed by atoms with E-state index >= 15 is 0 Å². The zero-order valence-corrected chi connectivity index (χ0v) is 18.4. The molecule has 2 N–H and O–H groups in total. The van der Waals surface area contributed by atoms with Crippen molar-refractivity contribution in [3.05, 3.63) is 104 Å². The molecule has 0 saturated heterocycles. The Kier molecular flexibility index (Phi) is 6.41. The molecule has 0 aliphatic heterocycles. The van der Waals surface area contributed by atoms with E-state index in [1.54, 1.807) is 21.8 Å². The van der Waals surface area contributed by atoms with Crippen LogP contribution in [0.25, 0.3) is 5.65 Å². The van der Waals surface area contributed by atoms with Crippen molar-refractivity contribution in [3.63, 3.8) is 0 Å². The van der Waals surface area contributed by atoms with Gasteiger partial charge in [-0.1, -0.05) is 49.7 Å². The van der Waals surface area contributed by atoms with Crippen LogP contribution in [-0.2, 0) is 13.0 Å². The summed E-state index contributed by atoms with van der Waals surface area (Å²) >= 11 is 1.77. The lowest BCUT2D eigenvalue weighted by molar-refractivity contribution is -0.702. The Balaban J connectivity index is 1.58. The van der Waals surface area contributed by atoms with Crippen molar-refractivity contribution >= 4 is 17.0 Å². The number of unbranched alkanes of at least 4 members (excludes halogenated alkanes) is 1. The van der Waals surface area contributed by atoms with E-state index in [1.807, 2.05) is 25.1 Å². The van der Waals surface area contributed by atoms with Crippen molar-refractivity contribution in [2.24, 2.45) is 0 Å². The van der Waals surface area contributed by atoms with Gasteiger partial charge in [-0.25, -0.2) is 4.98 Å². The zero-order chi connectivity index (χ0) is 20.9. The lowest BCUT2D eigenvalue weighted by Gasteiger charge is -2.15. The average Bonchev–Trinajstić information content (AvgIpc) is 3.28. The van der Waals surface area contributed by atoms with Crippen LogP contribution in [0.1, 0.15) is 53.2 Å². The van der Waals surface area contributed by atoms with Gasteiger partial charge in [0.15, 0.2) is 0 Å². The third-order valence-electron chi connectivity index (χ3n) is 5.50. The second kappa shape index (κ2) is 9.37. The molecule has 0 fully saturated rings. The van der Waals surface area contributed by atoms with Crippen LogP contribution in [0.2, 0.25) is 0 Å². The molecule has 1 atom stereocenters. The summed E-state index contributed by atoms with van der Waals surface area (Å²) in [6.07, 6.45) is 3.57. The normalized spacial score (nSPS) is 12.3. The van der Waals surface area contributed by atoms with E-state index in [-0.39, 0.29) is 11.6 Å². The highest BCUT2D eigenvalue weighted by atomic mass is 32.1. The van der Waals surface area contributed by atoms with Crippen molar-refractivity contribution in [1.82, 2.24) is 9.38 Å². The average molecular weight is 419 g/mol. The highest BCUT2D eigenvalue weighted by Crippen LogP contribution is 2.23. The maximum atomic E-state index is 12.6. The number of thiophene rings is 1. The Hall–Kier alpha value is -2.76. The third kappa shape index (κ3) is 4.53. The molecule has 0 radical (unpaired) electrons. The van der Waals surface area contributed by atoms with Crippen LogP contribution in [0.15, 0.2) is 70.8 Å². The number of rotatable bonds is 8. The predicted molar refractivity (Wildman–Crippen MR) is 123 cm³/mol. The molecule has 5 heteroatoms. The molecule has 0 bridgehead atoms. The maximum absolute atomic E-state index is 12.6. The summed E-state index contributed by atoms with van der Waals surface area (Å²) in [4.78, 5) is 18.6. The van der Waals surface area contributed by atoms with Crippen molar-refractivity contribution in [3.8, 4) is 0 Å². The number of aromatic nitrogens is 2. The summed E-state index contributed by atoms with van der Waals surface area (Å²) in [5.74, 6) is 0. The van der Waals surface area contributed by atoms with Gasteiger partial charge < -0.3 is 5.32 Å². The second-order valence-corrected chi connectivity index (χ2v) is 8.70. The van der Waals surface area contributed by atoms with Crippen LogP contribution in [0.4, 0.5) is 0 Å². The van der Waals surface area contributed by atoms with Gasteiger partial charge in [0, 0.05) is 17.3 Å². The zero-order valence-electron chi connectivity index (χ0n) is 17.5. The van der Waals surface area contributed by atoms with Gasteiger partial charge in [0.05, 0.1) is 4.88 Å². The predicted octanol–water partition coefficient (Wildman–Crippen LogP) is 4.26. The molecule has 0 spiro atoms. The number of benzene rings is 1. The van der Waals surface area contributed by atoms with Crippen LogP contribution in [0.5, 0.6) is 0 Å². The fourth-order valence-electron chi connectivity index (χ4n) is 3.86. The molecule has 1 aromatic carbocycles. The van der Waals surface area contributed by atoms with Gasteiger partial charge in [-0.2, -0.15) is 0 Å². The summed E-state index contributed by atoms with van der Waals surface area (Å²) in [6.45, 7) is 4.81. The molecule has 0 amide bonds. The number of nitrogens with two attached hydrogens (primary N) is 1. The van der Waals surface area contributed by atoms with Crippen molar-refractivity contribution in [2.75, 3.05) is 0 Å². The lowest BCUT2D eigenvalue weighted by atomic mass is 10.0. The molecule has 0 saturated carbocycles. The number of hydrogen-bond acceptors (Lipinski definition) is 3. The fourth-order valence-corrected chi connectivity index (χ4v) is 4.71. The van der Waals surface area contributed by atoms with E-state index in [0.717, 1.165) is 17.8 Å². The molecule has 30 heavy (non-hydrogen) atoms. The SMILES string of the molecule is CCCCc1ccc([C@H]([NH2+]Cc2cc(=O)n3c(C)cccc3n2)c2cccs2)cc1. The van der Waals surface area contributed by atoms with Crippen molar-refractivity contribution < 1.29 is 5.32 Å². The summed E-state index contributed by atoms with van der Waals surface area (Å²) in [5.41, 5.74) is 5.08. The van der Waals surface area contributed by atoms with E-state index < -0.39 is 0 Å². The first-order valence-electron chi connectivity index (χ1n) is 10.6. The van der Waals surface area contributed by atoms with Crippen molar-refractivity contribution in [1.29, 1.82) is 0 Å². The molecular weight excluding hydrogens is 390 g/mol. The minimum absolute atomic E-state index is 0.0190. The molecule has 0 unspecified atom stereocenters. The van der Waals surface area contributed by atoms with Gasteiger partial charge in [0.2, 0.25) is 0 Å². The van der Waals surface area contributed by atoms with Gasteiger partial charge in [0.25, 0.3) is 5.56 Å². The number of nitrogens with zero attached hydrogens (tertiary/aromatic N) is 2. The molecule has 3 aromatic heterocycles. The molecule has 3 heterocycles. The highest BCUT2D eigenvalue weighted by molar-refractivity contribution is 7.10. The number of quaternary nitrogens is 1.